The number of nitrogens with zero attached hydrogens (tertiary/aromatic N) is 1. The van der Waals surface area contributed by atoms with Crippen LogP contribution in [0.3, 0.4) is 0 Å². The minimum atomic E-state index is -3.94. The average molecular weight is 409 g/mol. The van der Waals surface area contributed by atoms with Crippen molar-refractivity contribution in [2.75, 3.05) is 11.8 Å². The summed E-state index contributed by atoms with van der Waals surface area (Å²) in [5, 5.41) is 0.522. The number of carbonyl (C=O) groups excluding carboxylic acids is 1. The van der Waals surface area contributed by atoms with Gasteiger partial charge in [0.05, 0.1) is 24.2 Å². The molecule has 1 aromatic heterocycles. The first-order chi connectivity index (χ1) is 11.1. The summed E-state index contributed by atoms with van der Waals surface area (Å²) >= 11 is 13.0. The second-order valence-corrected chi connectivity index (χ2v) is 8.58. The first-order valence-electron chi connectivity index (χ1n) is 6.65. The number of hydrogen-bond acceptors (Lipinski definition) is 6. The van der Waals surface area contributed by atoms with Gasteiger partial charge in [-0.1, -0.05) is 23.2 Å². The third-order valence-corrected chi connectivity index (χ3v) is 6.34. The van der Waals surface area contributed by atoms with Crippen molar-refractivity contribution in [3.05, 3.63) is 38.3 Å². The number of thiazole rings is 1. The SMILES string of the molecule is COC(=O)Cc1nc(NS(=O)(=O)c2c(C)cc(Cl)cc2Cl)sc1C. The molecule has 130 valence electrons. The van der Waals surface area contributed by atoms with E-state index >= 15 is 0 Å². The number of aromatic nitrogens is 1. The maximum atomic E-state index is 12.6. The summed E-state index contributed by atoms with van der Waals surface area (Å²) in [6, 6.07) is 2.87. The van der Waals surface area contributed by atoms with Crippen molar-refractivity contribution in [3.8, 4) is 0 Å². The molecule has 2 rings (SSSR count). The summed E-state index contributed by atoms with van der Waals surface area (Å²) in [6.45, 7) is 3.34. The van der Waals surface area contributed by atoms with Gasteiger partial charge in [-0.15, -0.1) is 11.3 Å². The lowest BCUT2D eigenvalue weighted by molar-refractivity contribution is -0.139. The fourth-order valence-electron chi connectivity index (χ4n) is 2.04. The summed E-state index contributed by atoms with van der Waals surface area (Å²) in [7, 11) is -2.66. The molecule has 0 aliphatic heterocycles. The highest BCUT2D eigenvalue weighted by atomic mass is 35.5. The van der Waals surface area contributed by atoms with Gasteiger partial charge in [0.1, 0.15) is 4.90 Å². The lowest BCUT2D eigenvalue weighted by atomic mass is 10.2. The molecule has 0 saturated carbocycles. The topological polar surface area (TPSA) is 85.4 Å². The minimum Gasteiger partial charge on any atom is -0.469 e. The molecular weight excluding hydrogens is 395 g/mol. The van der Waals surface area contributed by atoms with Gasteiger partial charge in [0.2, 0.25) is 0 Å². The Morgan fingerprint density at radius 1 is 1.33 bits per heavy atom. The number of aryl methyl sites for hydroxylation is 2. The molecule has 0 radical (unpaired) electrons. The third kappa shape index (κ3) is 4.18. The van der Waals surface area contributed by atoms with Gasteiger partial charge < -0.3 is 4.74 Å². The van der Waals surface area contributed by atoms with Gasteiger partial charge in [-0.2, -0.15) is 0 Å². The number of hydrogen-bond donors (Lipinski definition) is 1. The van der Waals surface area contributed by atoms with E-state index in [0.29, 0.717) is 16.3 Å². The number of methoxy groups -OCH3 is 1. The number of esters is 1. The Labute approximate surface area is 153 Å². The van der Waals surface area contributed by atoms with E-state index in [1.807, 2.05) is 0 Å². The third-order valence-electron chi connectivity index (χ3n) is 3.12. The molecule has 2 aromatic rings. The van der Waals surface area contributed by atoms with Crippen molar-refractivity contribution in [2.24, 2.45) is 0 Å². The molecule has 0 saturated heterocycles. The number of halogens is 2. The van der Waals surface area contributed by atoms with Crippen molar-refractivity contribution in [3.63, 3.8) is 0 Å². The Bertz CT molecular complexity index is 871. The number of carbonyl (C=O) groups is 1. The van der Waals surface area contributed by atoms with Crippen LogP contribution in [-0.4, -0.2) is 26.5 Å². The summed E-state index contributed by atoms with van der Waals surface area (Å²) in [6.07, 6.45) is -0.0265. The fourth-order valence-corrected chi connectivity index (χ4v) is 5.29. The van der Waals surface area contributed by atoms with Gasteiger partial charge in [0, 0.05) is 9.90 Å². The van der Waals surface area contributed by atoms with Crippen LogP contribution in [0.4, 0.5) is 5.13 Å². The molecule has 1 aromatic carbocycles. The molecule has 10 heteroatoms. The predicted molar refractivity (Wildman–Crippen MR) is 94.6 cm³/mol. The first kappa shape index (κ1) is 19.0. The largest absolute Gasteiger partial charge is 0.469 e. The summed E-state index contributed by atoms with van der Waals surface area (Å²) < 4.78 is 32.2. The van der Waals surface area contributed by atoms with Gasteiger partial charge in [0.25, 0.3) is 10.0 Å². The molecule has 1 N–H and O–H groups in total. The molecule has 0 fully saturated rings. The van der Waals surface area contributed by atoms with Crippen LogP contribution in [-0.2, 0) is 26.0 Å². The van der Waals surface area contributed by atoms with Crippen LogP contribution in [0.5, 0.6) is 0 Å². The van der Waals surface area contributed by atoms with E-state index < -0.39 is 16.0 Å². The van der Waals surface area contributed by atoms with E-state index in [1.165, 1.54) is 19.2 Å². The Morgan fingerprint density at radius 3 is 2.58 bits per heavy atom. The Kier molecular flexibility index (Phi) is 5.74. The lowest BCUT2D eigenvalue weighted by Gasteiger charge is -2.10. The van der Waals surface area contributed by atoms with Crippen molar-refractivity contribution < 1.29 is 17.9 Å². The quantitative estimate of drug-likeness (QED) is 0.763. The normalized spacial score (nSPS) is 11.4. The molecule has 0 spiro atoms. The van der Waals surface area contributed by atoms with E-state index in [2.05, 4.69) is 14.4 Å². The van der Waals surface area contributed by atoms with Gasteiger partial charge >= 0.3 is 5.97 Å². The van der Waals surface area contributed by atoms with Crippen LogP contribution in [0.2, 0.25) is 10.0 Å². The van der Waals surface area contributed by atoms with E-state index in [1.54, 1.807) is 13.8 Å². The Hall–Kier alpha value is -1.35. The standard InChI is InChI=1S/C14H14Cl2N2O4S2/c1-7-4-9(15)5-10(16)13(7)24(20,21)18-14-17-11(8(2)23-14)6-12(19)22-3/h4-5H,6H2,1-3H3,(H,17,18). The highest BCUT2D eigenvalue weighted by molar-refractivity contribution is 7.93. The second kappa shape index (κ2) is 7.26. The lowest BCUT2D eigenvalue weighted by Crippen LogP contribution is -2.15. The first-order valence-corrected chi connectivity index (χ1v) is 9.71. The maximum Gasteiger partial charge on any atom is 0.311 e. The minimum absolute atomic E-state index is 0.0237. The Morgan fingerprint density at radius 2 is 2.00 bits per heavy atom. The number of benzene rings is 1. The summed E-state index contributed by atoms with van der Waals surface area (Å²) in [5.74, 6) is -0.450. The molecule has 0 aliphatic rings. The number of anilines is 1. The maximum absolute atomic E-state index is 12.6. The van der Waals surface area contributed by atoms with E-state index in [9.17, 15) is 13.2 Å². The summed E-state index contributed by atoms with van der Waals surface area (Å²) in [4.78, 5) is 16.1. The van der Waals surface area contributed by atoms with E-state index in [4.69, 9.17) is 23.2 Å². The number of ether oxygens (including phenoxy) is 1. The number of sulfonamides is 1. The summed E-state index contributed by atoms with van der Waals surface area (Å²) in [5.41, 5.74) is 0.881. The van der Waals surface area contributed by atoms with Gasteiger partial charge in [-0.05, 0) is 31.5 Å². The zero-order valence-electron chi connectivity index (χ0n) is 13.0. The predicted octanol–water partition coefficient (Wildman–Crippen LogP) is 3.58. The van der Waals surface area contributed by atoms with Crippen LogP contribution in [0.1, 0.15) is 16.1 Å². The fraction of sp³-hybridized carbons (Fsp3) is 0.286. The molecule has 0 bridgehead atoms. The van der Waals surface area contributed by atoms with Gasteiger partial charge in [-0.25, -0.2) is 13.4 Å². The van der Waals surface area contributed by atoms with Crippen molar-refractivity contribution in [1.29, 1.82) is 0 Å². The molecule has 24 heavy (non-hydrogen) atoms. The van der Waals surface area contributed by atoms with Gasteiger partial charge in [0.15, 0.2) is 5.13 Å². The van der Waals surface area contributed by atoms with E-state index in [0.717, 1.165) is 16.2 Å². The molecule has 0 atom stereocenters. The number of nitrogens with one attached hydrogen (secondary N) is 1. The average Bonchev–Trinajstić information content (AvgIpc) is 2.75. The van der Waals surface area contributed by atoms with Crippen LogP contribution >= 0.6 is 34.5 Å². The van der Waals surface area contributed by atoms with Crippen LogP contribution in [0.25, 0.3) is 0 Å². The highest BCUT2D eigenvalue weighted by Crippen LogP contribution is 2.31. The number of rotatable bonds is 5. The van der Waals surface area contributed by atoms with Gasteiger partial charge in [-0.3, -0.25) is 9.52 Å². The molecule has 6 nitrogen and oxygen atoms in total. The van der Waals surface area contributed by atoms with Crippen molar-refractivity contribution >= 4 is 55.7 Å². The molecule has 0 amide bonds. The zero-order valence-corrected chi connectivity index (χ0v) is 16.2. The Balaban J connectivity index is 2.34. The van der Waals surface area contributed by atoms with Crippen LogP contribution in [0, 0.1) is 13.8 Å². The van der Waals surface area contributed by atoms with Crippen LogP contribution < -0.4 is 4.72 Å². The molecule has 1 heterocycles. The van der Waals surface area contributed by atoms with Crippen molar-refractivity contribution in [1.82, 2.24) is 4.98 Å². The van der Waals surface area contributed by atoms with E-state index in [-0.39, 0.29) is 21.5 Å². The highest BCUT2D eigenvalue weighted by Gasteiger charge is 2.23. The monoisotopic (exact) mass is 408 g/mol. The zero-order chi connectivity index (χ0) is 18.1. The smallest absolute Gasteiger partial charge is 0.311 e. The molecule has 0 aliphatic carbocycles. The molecule has 0 unspecified atom stereocenters. The second-order valence-electron chi connectivity index (χ2n) is 4.91. The molecular formula is C14H14Cl2N2O4S2. The van der Waals surface area contributed by atoms with Crippen molar-refractivity contribution in [2.45, 2.75) is 25.2 Å². The van der Waals surface area contributed by atoms with Crippen LogP contribution in [0.15, 0.2) is 17.0 Å².